The number of aromatic amines is 1. The highest BCUT2D eigenvalue weighted by Crippen LogP contribution is 2.38. The highest BCUT2D eigenvalue weighted by molar-refractivity contribution is 5.99. The van der Waals surface area contributed by atoms with Crippen LogP contribution in [0.1, 0.15) is 17.8 Å². The summed E-state index contributed by atoms with van der Waals surface area (Å²) in [6, 6.07) is 5.70. The van der Waals surface area contributed by atoms with Crippen LogP contribution >= 0.6 is 0 Å². The van der Waals surface area contributed by atoms with Gasteiger partial charge in [-0.05, 0) is 12.1 Å². The van der Waals surface area contributed by atoms with Gasteiger partial charge in [-0.2, -0.15) is 5.26 Å². The van der Waals surface area contributed by atoms with Crippen LogP contribution in [0.5, 0.6) is 0 Å². The molecule has 1 saturated heterocycles. The highest BCUT2D eigenvalue weighted by Gasteiger charge is 2.42. The van der Waals surface area contributed by atoms with E-state index in [9.17, 15) is 5.26 Å². The van der Waals surface area contributed by atoms with Crippen molar-refractivity contribution in [2.24, 2.45) is 16.6 Å². The Morgan fingerprint density at radius 1 is 1.74 bits per heavy atom. The molecule has 19 heavy (non-hydrogen) atoms. The number of nitrogens with zero attached hydrogens (tertiary/aromatic N) is 2. The summed E-state index contributed by atoms with van der Waals surface area (Å²) < 4.78 is 5.64. The molecule has 98 valence electrons. The van der Waals surface area contributed by atoms with Crippen molar-refractivity contribution in [1.82, 2.24) is 4.98 Å². The second kappa shape index (κ2) is 5.08. The fourth-order valence-electron chi connectivity index (χ4n) is 2.13. The van der Waals surface area contributed by atoms with Crippen molar-refractivity contribution in [2.45, 2.75) is 12.0 Å². The fourth-order valence-corrected chi connectivity index (χ4v) is 2.13. The van der Waals surface area contributed by atoms with Crippen molar-refractivity contribution in [3.05, 3.63) is 36.2 Å². The molecular weight excluding hydrogens is 242 g/mol. The van der Waals surface area contributed by atoms with Crippen molar-refractivity contribution in [3.63, 3.8) is 0 Å². The van der Waals surface area contributed by atoms with E-state index in [0.717, 1.165) is 6.34 Å². The van der Waals surface area contributed by atoms with E-state index in [2.05, 4.69) is 22.6 Å². The predicted octanol–water partition coefficient (Wildman–Crippen LogP) is 1.27. The third-order valence-corrected chi connectivity index (χ3v) is 3.21. The first-order valence-corrected chi connectivity index (χ1v) is 5.85. The van der Waals surface area contributed by atoms with E-state index in [1.54, 1.807) is 18.2 Å². The summed E-state index contributed by atoms with van der Waals surface area (Å²) in [5.41, 5.74) is 5.92. The Labute approximate surface area is 111 Å². The molecule has 1 aromatic heterocycles. The molecule has 2 atom stereocenters. The maximum Gasteiger partial charge on any atom is 0.194 e. The lowest BCUT2D eigenvalue weighted by atomic mass is 9.93. The molecular formula is C13H15N5O. The van der Waals surface area contributed by atoms with Crippen molar-refractivity contribution in [2.75, 3.05) is 6.61 Å². The molecule has 1 aliphatic heterocycles. The zero-order chi connectivity index (χ0) is 13.9. The molecule has 0 saturated carbocycles. The summed E-state index contributed by atoms with van der Waals surface area (Å²) in [5.74, 6) is 0.367. The second-order valence-electron chi connectivity index (χ2n) is 4.38. The van der Waals surface area contributed by atoms with Gasteiger partial charge in [0.2, 0.25) is 0 Å². The average Bonchev–Trinajstić information content (AvgIpc) is 3.06. The Hall–Kier alpha value is -2.39. The third kappa shape index (κ3) is 2.28. The third-order valence-electron chi connectivity index (χ3n) is 3.21. The standard InChI is InChI=1S/C13H15N5O/c1-2-9-5-13(7-14,19-6-9)11-4-3-10(18-11)12(16)17-8-15/h2-4,8-9,18H,1,5-6H2,(H3,15,16,17)/t9?,13-/m0/s1. The predicted molar refractivity (Wildman–Crippen MR) is 71.8 cm³/mol. The lowest BCUT2D eigenvalue weighted by molar-refractivity contribution is 0.0452. The number of rotatable bonds is 4. The topological polar surface area (TPSA) is 111 Å². The Bertz CT molecular complexity index is 568. The number of amidine groups is 1. The molecule has 0 bridgehead atoms. The molecule has 2 rings (SSSR count). The van der Waals surface area contributed by atoms with E-state index < -0.39 is 5.60 Å². The summed E-state index contributed by atoms with van der Waals surface area (Å²) in [5, 5.41) is 16.3. The number of H-pyrrole nitrogens is 1. The number of nitriles is 1. The second-order valence-corrected chi connectivity index (χ2v) is 4.38. The molecule has 0 amide bonds. The van der Waals surface area contributed by atoms with Crippen LogP contribution in [0.2, 0.25) is 0 Å². The number of aromatic nitrogens is 1. The molecule has 1 aromatic rings. The smallest absolute Gasteiger partial charge is 0.194 e. The van der Waals surface area contributed by atoms with Crippen LogP contribution in [0, 0.1) is 22.7 Å². The monoisotopic (exact) mass is 257 g/mol. The summed E-state index contributed by atoms with van der Waals surface area (Å²) >= 11 is 0. The molecule has 6 heteroatoms. The number of hydrogen-bond acceptors (Lipinski definition) is 3. The van der Waals surface area contributed by atoms with Crippen molar-refractivity contribution >= 4 is 12.2 Å². The minimum absolute atomic E-state index is 0.166. The van der Waals surface area contributed by atoms with Crippen LogP contribution in [0.3, 0.4) is 0 Å². The molecule has 0 aliphatic carbocycles. The van der Waals surface area contributed by atoms with Gasteiger partial charge in [0.1, 0.15) is 18.2 Å². The largest absolute Gasteiger partial charge is 0.382 e. The van der Waals surface area contributed by atoms with Crippen LogP contribution < -0.4 is 5.73 Å². The first kappa shape index (κ1) is 13.1. The molecule has 1 aliphatic rings. The van der Waals surface area contributed by atoms with Gasteiger partial charge in [-0.15, -0.1) is 6.58 Å². The molecule has 0 aromatic carbocycles. The maximum atomic E-state index is 9.41. The van der Waals surface area contributed by atoms with E-state index in [0.29, 0.717) is 24.4 Å². The van der Waals surface area contributed by atoms with Crippen LogP contribution in [-0.2, 0) is 10.3 Å². The minimum atomic E-state index is -0.984. The summed E-state index contributed by atoms with van der Waals surface area (Å²) in [7, 11) is 0. The summed E-state index contributed by atoms with van der Waals surface area (Å²) in [6.45, 7) is 4.21. The Morgan fingerprint density at radius 2 is 2.53 bits per heavy atom. The van der Waals surface area contributed by atoms with Gasteiger partial charge >= 0.3 is 0 Å². The summed E-state index contributed by atoms with van der Waals surface area (Å²) in [6.07, 6.45) is 3.23. The quantitative estimate of drug-likeness (QED) is 0.429. The average molecular weight is 257 g/mol. The van der Waals surface area contributed by atoms with Gasteiger partial charge in [-0.1, -0.05) is 6.08 Å². The van der Waals surface area contributed by atoms with E-state index in [4.69, 9.17) is 15.9 Å². The van der Waals surface area contributed by atoms with Gasteiger partial charge in [-0.3, -0.25) is 5.41 Å². The Kier molecular flexibility index (Phi) is 3.49. The van der Waals surface area contributed by atoms with Gasteiger partial charge in [0.25, 0.3) is 0 Å². The van der Waals surface area contributed by atoms with Gasteiger partial charge < -0.3 is 15.5 Å². The normalized spacial score (nSPS) is 26.9. The number of hydrogen-bond donors (Lipinski definition) is 3. The number of aliphatic imine (C=N–C) groups is 1. The molecule has 4 N–H and O–H groups in total. The van der Waals surface area contributed by atoms with Gasteiger partial charge in [0, 0.05) is 12.3 Å². The lowest BCUT2D eigenvalue weighted by Crippen LogP contribution is -2.24. The van der Waals surface area contributed by atoms with Gasteiger partial charge in [0.05, 0.1) is 18.0 Å². The van der Waals surface area contributed by atoms with Crippen molar-refractivity contribution in [3.8, 4) is 6.07 Å². The van der Waals surface area contributed by atoms with E-state index >= 15 is 0 Å². The van der Waals surface area contributed by atoms with E-state index in [-0.39, 0.29) is 11.8 Å². The van der Waals surface area contributed by atoms with Gasteiger partial charge in [0.15, 0.2) is 5.60 Å². The lowest BCUT2D eigenvalue weighted by Gasteiger charge is -2.18. The first-order valence-electron chi connectivity index (χ1n) is 5.85. The zero-order valence-electron chi connectivity index (χ0n) is 10.4. The van der Waals surface area contributed by atoms with Crippen molar-refractivity contribution < 1.29 is 4.74 Å². The Morgan fingerprint density at radius 3 is 3.11 bits per heavy atom. The number of ether oxygens (including phenoxy) is 1. The van der Waals surface area contributed by atoms with Crippen LogP contribution in [-0.4, -0.2) is 23.8 Å². The van der Waals surface area contributed by atoms with Crippen LogP contribution in [0.25, 0.3) is 0 Å². The maximum absolute atomic E-state index is 9.41. The molecule has 2 heterocycles. The van der Waals surface area contributed by atoms with E-state index in [1.807, 2.05) is 0 Å². The molecule has 6 nitrogen and oxygen atoms in total. The Balaban J connectivity index is 2.32. The van der Waals surface area contributed by atoms with Crippen LogP contribution in [0.4, 0.5) is 0 Å². The van der Waals surface area contributed by atoms with Crippen molar-refractivity contribution in [1.29, 1.82) is 10.7 Å². The molecule has 0 spiro atoms. The fraction of sp³-hybridized carbons (Fsp3) is 0.308. The highest BCUT2D eigenvalue weighted by atomic mass is 16.5. The van der Waals surface area contributed by atoms with Crippen LogP contribution in [0.15, 0.2) is 29.8 Å². The summed E-state index contributed by atoms with van der Waals surface area (Å²) in [4.78, 5) is 6.71. The number of nitrogens with two attached hydrogens (primary N) is 1. The first-order chi connectivity index (χ1) is 9.15. The molecule has 1 fully saturated rings. The molecule has 0 radical (unpaired) electrons. The SMILES string of the molecule is C=CC1CO[C@@](C#N)(c2ccc(C(N)=NC=N)[nH]2)C1. The number of nitrogens with one attached hydrogen (secondary N) is 2. The molecule has 1 unspecified atom stereocenters. The minimum Gasteiger partial charge on any atom is -0.382 e. The van der Waals surface area contributed by atoms with E-state index in [1.165, 1.54) is 0 Å². The van der Waals surface area contributed by atoms with Gasteiger partial charge in [-0.25, -0.2) is 4.99 Å². The zero-order valence-corrected chi connectivity index (χ0v) is 10.4.